The molecular formula is C11H30O4Si4. The quantitative estimate of drug-likeness (QED) is 0.635. The first-order chi connectivity index (χ1) is 8.52. The molecule has 19 heavy (non-hydrogen) atoms. The molecule has 0 aromatic carbocycles. The minimum absolute atomic E-state index is 0.811. The molecule has 1 aliphatic heterocycles. The van der Waals surface area contributed by atoms with Crippen LogP contribution in [0.4, 0.5) is 0 Å². The first kappa shape index (κ1) is 17.8. The van der Waals surface area contributed by atoms with Crippen molar-refractivity contribution in [3.63, 3.8) is 0 Å². The van der Waals surface area contributed by atoms with E-state index in [1.54, 1.807) is 0 Å². The van der Waals surface area contributed by atoms with Crippen LogP contribution in [-0.2, 0) is 16.8 Å². The molecule has 1 heterocycles. The first-order valence-electron chi connectivity index (χ1n) is 7.23. The topological polar surface area (TPSA) is 36.9 Å². The van der Waals surface area contributed by atoms with Gasteiger partial charge in [-0.15, -0.1) is 0 Å². The summed E-state index contributed by atoms with van der Waals surface area (Å²) in [6, 6.07) is 1.22. The fourth-order valence-electron chi connectivity index (χ4n) is 2.65. The van der Waals surface area contributed by atoms with Crippen LogP contribution in [0.1, 0.15) is 12.8 Å². The van der Waals surface area contributed by atoms with Crippen molar-refractivity contribution in [1.82, 2.24) is 0 Å². The Morgan fingerprint density at radius 3 is 2.00 bits per heavy atom. The predicted molar refractivity (Wildman–Crippen MR) is 88.7 cm³/mol. The van der Waals surface area contributed by atoms with E-state index in [4.69, 9.17) is 16.8 Å². The second-order valence-electron chi connectivity index (χ2n) is 6.68. The van der Waals surface area contributed by atoms with Crippen molar-refractivity contribution in [2.45, 2.75) is 64.7 Å². The smallest absolute Gasteiger partial charge is 0.322 e. The Bertz CT molecular complexity index is 296. The van der Waals surface area contributed by atoms with E-state index in [1.165, 1.54) is 12.5 Å². The van der Waals surface area contributed by atoms with Gasteiger partial charge < -0.3 is 16.8 Å². The molecule has 0 radical (unpaired) electrons. The van der Waals surface area contributed by atoms with Crippen LogP contribution < -0.4 is 0 Å². The maximum Gasteiger partial charge on any atom is 0.322 e. The molecule has 0 spiro atoms. The van der Waals surface area contributed by atoms with E-state index in [9.17, 15) is 0 Å². The molecule has 1 unspecified atom stereocenters. The van der Waals surface area contributed by atoms with Crippen molar-refractivity contribution in [3.8, 4) is 0 Å². The average Bonchev–Trinajstić information content (AvgIpc) is 2.09. The zero-order valence-corrected chi connectivity index (χ0v) is 17.7. The molecule has 1 saturated heterocycles. The van der Waals surface area contributed by atoms with Gasteiger partial charge in [-0.3, -0.25) is 0 Å². The lowest BCUT2D eigenvalue weighted by atomic mass is 10.4. The summed E-state index contributed by atoms with van der Waals surface area (Å²) in [6.45, 7) is 15.8. The van der Waals surface area contributed by atoms with Crippen LogP contribution in [0, 0.1) is 0 Å². The largest absolute Gasteiger partial charge is 0.439 e. The maximum atomic E-state index is 6.33. The minimum Gasteiger partial charge on any atom is -0.439 e. The van der Waals surface area contributed by atoms with Crippen LogP contribution in [0.15, 0.2) is 0 Å². The van der Waals surface area contributed by atoms with Gasteiger partial charge in [0.1, 0.15) is 0 Å². The highest BCUT2D eigenvalue weighted by molar-refractivity contribution is 6.86. The van der Waals surface area contributed by atoms with Crippen LogP contribution in [0.25, 0.3) is 0 Å². The van der Waals surface area contributed by atoms with Gasteiger partial charge in [0.25, 0.3) is 0 Å². The minimum atomic E-state index is -2.17. The summed E-state index contributed by atoms with van der Waals surface area (Å²) in [5, 5.41) is 0. The van der Waals surface area contributed by atoms with Crippen molar-refractivity contribution < 1.29 is 16.8 Å². The van der Waals surface area contributed by atoms with Crippen molar-refractivity contribution in [2.24, 2.45) is 0 Å². The molecule has 1 atom stereocenters. The van der Waals surface area contributed by atoms with Gasteiger partial charge >= 0.3 is 25.7 Å². The summed E-state index contributed by atoms with van der Waals surface area (Å²) in [6.07, 6.45) is 2.31. The molecule has 0 bridgehead atoms. The van der Waals surface area contributed by atoms with E-state index >= 15 is 0 Å². The van der Waals surface area contributed by atoms with Gasteiger partial charge in [0.05, 0.1) is 0 Å². The lowest BCUT2D eigenvalue weighted by Crippen LogP contribution is -2.55. The van der Waals surface area contributed by atoms with Gasteiger partial charge in [-0.1, -0.05) is 6.42 Å². The Morgan fingerprint density at radius 2 is 1.37 bits per heavy atom. The van der Waals surface area contributed by atoms with Crippen LogP contribution in [0.5, 0.6) is 0 Å². The average molecular weight is 339 g/mol. The van der Waals surface area contributed by atoms with Gasteiger partial charge in [0.15, 0.2) is 9.04 Å². The molecule has 8 heteroatoms. The fraction of sp³-hybridized carbons (Fsp3) is 1.00. The monoisotopic (exact) mass is 338 g/mol. The van der Waals surface area contributed by atoms with E-state index in [0.29, 0.717) is 0 Å². The summed E-state index contributed by atoms with van der Waals surface area (Å²) in [5.74, 6) is 0. The third kappa shape index (κ3) is 7.32. The molecule has 0 amide bonds. The van der Waals surface area contributed by atoms with Crippen LogP contribution in [0.2, 0.25) is 51.9 Å². The molecule has 0 aliphatic carbocycles. The molecule has 4 nitrogen and oxygen atoms in total. The SMILES string of the molecule is C[SiH]1CCCCO[Si](C)(C)O[Si](C)(C)O[Si](C)(C)O1. The highest BCUT2D eigenvalue weighted by Gasteiger charge is 2.42. The molecule has 114 valence electrons. The van der Waals surface area contributed by atoms with Crippen LogP contribution >= 0.6 is 0 Å². The Hall–Kier alpha value is 0.708. The Kier molecular flexibility index (Phi) is 6.21. The standard InChI is InChI=1S/C11H30O4Si4/c1-16-11-9-8-10-12-17(2,3)14-19(6,7)15-18(4,5)13-16/h16H,8-11H2,1-7H3. The molecular weight excluding hydrogens is 308 g/mol. The number of hydrogen-bond donors (Lipinski definition) is 0. The van der Waals surface area contributed by atoms with E-state index in [2.05, 4.69) is 45.8 Å². The van der Waals surface area contributed by atoms with E-state index in [0.717, 1.165) is 13.0 Å². The van der Waals surface area contributed by atoms with E-state index < -0.39 is 34.7 Å². The van der Waals surface area contributed by atoms with Crippen molar-refractivity contribution >= 4 is 34.7 Å². The third-order valence-electron chi connectivity index (χ3n) is 2.92. The summed E-state index contributed by atoms with van der Waals surface area (Å²) in [4.78, 5) is 0. The summed E-state index contributed by atoms with van der Waals surface area (Å²) in [5.41, 5.74) is 0. The first-order valence-corrected chi connectivity index (χ1v) is 18.1. The lowest BCUT2D eigenvalue weighted by molar-refractivity contribution is 0.219. The van der Waals surface area contributed by atoms with Gasteiger partial charge in [0, 0.05) is 6.61 Å². The maximum absolute atomic E-state index is 6.33. The molecule has 0 saturated carbocycles. The molecule has 0 aromatic rings. The van der Waals surface area contributed by atoms with Crippen LogP contribution in [0.3, 0.4) is 0 Å². The zero-order chi connectivity index (χ0) is 14.7. The Balaban J connectivity index is 2.80. The fourth-order valence-corrected chi connectivity index (χ4v) is 19.4. The van der Waals surface area contributed by atoms with Crippen molar-refractivity contribution in [1.29, 1.82) is 0 Å². The summed E-state index contributed by atoms with van der Waals surface area (Å²) < 4.78 is 24.9. The molecule has 1 aliphatic rings. The second kappa shape index (κ2) is 6.65. The van der Waals surface area contributed by atoms with Gasteiger partial charge in [-0.05, 0) is 58.3 Å². The zero-order valence-electron chi connectivity index (χ0n) is 13.5. The Labute approximate surface area is 123 Å². The molecule has 1 fully saturated rings. The highest BCUT2D eigenvalue weighted by Crippen LogP contribution is 2.24. The Morgan fingerprint density at radius 1 is 0.789 bits per heavy atom. The van der Waals surface area contributed by atoms with Gasteiger partial charge in [-0.25, -0.2) is 0 Å². The number of rotatable bonds is 0. The normalized spacial score (nSPS) is 32.1. The summed E-state index contributed by atoms with van der Waals surface area (Å²) >= 11 is 0. The second-order valence-corrected chi connectivity index (χ2v) is 20.1. The molecule has 1 rings (SSSR count). The van der Waals surface area contributed by atoms with Crippen LogP contribution in [-0.4, -0.2) is 41.3 Å². The lowest BCUT2D eigenvalue weighted by Gasteiger charge is -2.39. The van der Waals surface area contributed by atoms with Gasteiger partial charge in [-0.2, -0.15) is 0 Å². The van der Waals surface area contributed by atoms with Crippen molar-refractivity contribution in [3.05, 3.63) is 0 Å². The molecule has 0 aromatic heterocycles. The highest BCUT2D eigenvalue weighted by atomic mass is 28.5. The van der Waals surface area contributed by atoms with Gasteiger partial charge in [0.2, 0.25) is 0 Å². The van der Waals surface area contributed by atoms with Crippen molar-refractivity contribution in [2.75, 3.05) is 6.61 Å². The third-order valence-corrected chi connectivity index (χ3v) is 16.8. The molecule has 0 N–H and O–H groups in total. The van der Waals surface area contributed by atoms with E-state index in [1.807, 2.05) is 0 Å². The van der Waals surface area contributed by atoms with E-state index in [-0.39, 0.29) is 0 Å². The summed E-state index contributed by atoms with van der Waals surface area (Å²) in [7, 11) is -7.41. The predicted octanol–water partition coefficient (Wildman–Crippen LogP) is 3.31. The number of hydrogen-bond acceptors (Lipinski definition) is 4.